The van der Waals surface area contributed by atoms with Gasteiger partial charge in [-0.1, -0.05) is 44.2 Å². The van der Waals surface area contributed by atoms with E-state index < -0.39 is 23.8 Å². The van der Waals surface area contributed by atoms with Crippen LogP contribution < -0.4 is 10.6 Å². The molecule has 1 saturated carbocycles. The highest BCUT2D eigenvalue weighted by atomic mass is 16.6. The van der Waals surface area contributed by atoms with Crippen LogP contribution in [0, 0.1) is 0 Å². The van der Waals surface area contributed by atoms with Gasteiger partial charge < -0.3 is 20.3 Å². The monoisotopic (exact) mass is 471 g/mol. The zero-order chi connectivity index (χ0) is 25.5. The van der Waals surface area contributed by atoms with Gasteiger partial charge in [0, 0.05) is 12.1 Å². The maximum Gasteiger partial charge on any atom is 0.408 e. The molecule has 2 rings (SSSR count). The number of carbonyl (C=O) groups excluding carboxylic acids is 3. The number of hydrogen-bond donors (Lipinski definition) is 2. The molecule has 0 aromatic heterocycles. The van der Waals surface area contributed by atoms with Crippen LogP contribution in [0.5, 0.6) is 0 Å². The van der Waals surface area contributed by atoms with Gasteiger partial charge in [-0.3, -0.25) is 9.59 Å². The molecule has 1 aliphatic rings. The van der Waals surface area contributed by atoms with Crippen LogP contribution in [-0.4, -0.2) is 46.5 Å². The summed E-state index contributed by atoms with van der Waals surface area (Å²) in [6, 6.07) is 5.81. The number of nitrogens with one attached hydrogen (secondary N) is 2. The standard InChI is InChI=1S/C27H41N3O4/c1-8-12-18(3)28-24(31)23(21-14-10-13-20(9-2)17-21)30(22-15-11-16-22)25(32)19(4)29-26(33)34-27(5,6)7/h9-10,13-14,17-19,22-23H,2,8,11-12,15-16H2,1,3-7H3,(H,28,31)(H,29,33). The van der Waals surface area contributed by atoms with Gasteiger partial charge in [-0.05, 0) is 77.5 Å². The number of alkyl carbamates (subject to hydrolysis) is 1. The molecule has 1 aromatic carbocycles. The first-order chi connectivity index (χ1) is 16.0. The minimum absolute atomic E-state index is 0.0155. The first kappa shape index (κ1) is 27.4. The van der Waals surface area contributed by atoms with Gasteiger partial charge in [0.1, 0.15) is 17.7 Å². The van der Waals surface area contributed by atoms with E-state index in [1.54, 1.807) is 38.7 Å². The summed E-state index contributed by atoms with van der Waals surface area (Å²) in [5.41, 5.74) is 0.921. The summed E-state index contributed by atoms with van der Waals surface area (Å²) in [6.07, 6.45) is 5.49. The second-order valence-corrected chi connectivity index (χ2v) is 10.2. The molecule has 1 aromatic rings. The van der Waals surface area contributed by atoms with Crippen LogP contribution in [0.15, 0.2) is 30.8 Å². The fourth-order valence-corrected chi connectivity index (χ4v) is 4.07. The molecule has 0 spiro atoms. The van der Waals surface area contributed by atoms with Crippen molar-refractivity contribution in [2.75, 3.05) is 0 Å². The molecule has 188 valence electrons. The quantitative estimate of drug-likeness (QED) is 0.504. The molecular weight excluding hydrogens is 430 g/mol. The maximum atomic E-state index is 13.7. The fraction of sp³-hybridized carbons (Fsp3) is 0.593. The molecule has 1 fully saturated rings. The van der Waals surface area contributed by atoms with Crippen molar-refractivity contribution in [2.24, 2.45) is 0 Å². The summed E-state index contributed by atoms with van der Waals surface area (Å²) in [5.74, 6) is -0.519. The van der Waals surface area contributed by atoms with E-state index in [1.165, 1.54) is 0 Å². The Morgan fingerprint density at radius 3 is 2.41 bits per heavy atom. The normalized spacial score (nSPS) is 16.4. The molecule has 0 heterocycles. The van der Waals surface area contributed by atoms with Gasteiger partial charge in [0.15, 0.2) is 0 Å². The van der Waals surface area contributed by atoms with Crippen LogP contribution in [0.2, 0.25) is 0 Å². The second kappa shape index (κ2) is 12.0. The Morgan fingerprint density at radius 2 is 1.88 bits per heavy atom. The zero-order valence-electron chi connectivity index (χ0n) is 21.5. The Labute approximate surface area is 204 Å². The Hall–Kier alpha value is -2.83. The van der Waals surface area contributed by atoms with E-state index >= 15 is 0 Å². The summed E-state index contributed by atoms with van der Waals surface area (Å²) in [6.45, 7) is 14.8. The molecular formula is C27H41N3O4. The Balaban J connectivity index is 2.40. The number of carbonyl (C=O) groups is 3. The number of benzene rings is 1. The van der Waals surface area contributed by atoms with Crippen LogP contribution in [0.4, 0.5) is 4.79 Å². The maximum absolute atomic E-state index is 13.7. The smallest absolute Gasteiger partial charge is 0.408 e. The number of rotatable bonds is 10. The Kier molecular flexibility index (Phi) is 9.71. The van der Waals surface area contributed by atoms with Crippen molar-refractivity contribution in [2.45, 2.75) is 103 Å². The lowest BCUT2D eigenvalue weighted by Gasteiger charge is -2.43. The van der Waals surface area contributed by atoms with Crippen molar-refractivity contribution >= 4 is 24.0 Å². The summed E-state index contributed by atoms with van der Waals surface area (Å²) >= 11 is 0. The molecule has 34 heavy (non-hydrogen) atoms. The van der Waals surface area contributed by atoms with Gasteiger partial charge in [-0.25, -0.2) is 4.79 Å². The lowest BCUT2D eigenvalue weighted by atomic mass is 9.88. The van der Waals surface area contributed by atoms with E-state index in [1.807, 2.05) is 31.2 Å². The third kappa shape index (κ3) is 7.61. The molecule has 3 unspecified atom stereocenters. The molecule has 0 saturated heterocycles. The lowest BCUT2D eigenvalue weighted by molar-refractivity contribution is -0.147. The predicted molar refractivity (Wildman–Crippen MR) is 135 cm³/mol. The summed E-state index contributed by atoms with van der Waals surface area (Å²) in [5, 5.41) is 5.74. The van der Waals surface area contributed by atoms with Crippen LogP contribution in [0.1, 0.15) is 90.8 Å². The molecule has 0 aliphatic heterocycles. The molecule has 3 atom stereocenters. The average Bonchev–Trinajstić information content (AvgIpc) is 2.70. The third-order valence-electron chi connectivity index (χ3n) is 5.93. The van der Waals surface area contributed by atoms with Crippen molar-refractivity contribution in [1.29, 1.82) is 0 Å². The van der Waals surface area contributed by atoms with Gasteiger partial charge in [-0.15, -0.1) is 0 Å². The second-order valence-electron chi connectivity index (χ2n) is 10.2. The first-order valence-corrected chi connectivity index (χ1v) is 12.3. The van der Waals surface area contributed by atoms with Crippen molar-refractivity contribution in [1.82, 2.24) is 15.5 Å². The first-order valence-electron chi connectivity index (χ1n) is 12.3. The van der Waals surface area contributed by atoms with Gasteiger partial charge >= 0.3 is 6.09 Å². The van der Waals surface area contributed by atoms with Crippen LogP contribution in [0.3, 0.4) is 0 Å². The predicted octanol–water partition coefficient (Wildman–Crippen LogP) is 4.97. The van der Waals surface area contributed by atoms with E-state index in [0.29, 0.717) is 0 Å². The Morgan fingerprint density at radius 1 is 1.21 bits per heavy atom. The minimum atomic E-state index is -0.846. The molecule has 7 heteroatoms. The summed E-state index contributed by atoms with van der Waals surface area (Å²) in [7, 11) is 0. The highest BCUT2D eigenvalue weighted by Gasteiger charge is 2.41. The summed E-state index contributed by atoms with van der Waals surface area (Å²) in [4.78, 5) is 41.3. The molecule has 2 N–H and O–H groups in total. The Bertz CT molecular complexity index is 873. The van der Waals surface area contributed by atoms with Crippen molar-refractivity contribution in [3.63, 3.8) is 0 Å². The van der Waals surface area contributed by atoms with Gasteiger partial charge in [0.2, 0.25) is 11.8 Å². The topological polar surface area (TPSA) is 87.7 Å². The minimum Gasteiger partial charge on any atom is -0.444 e. The van der Waals surface area contributed by atoms with E-state index in [-0.39, 0.29) is 23.9 Å². The molecule has 1 aliphatic carbocycles. The van der Waals surface area contributed by atoms with Gasteiger partial charge in [0.25, 0.3) is 0 Å². The SMILES string of the molecule is C=Cc1cccc(C(C(=O)NC(C)CCC)N(C(=O)C(C)NC(=O)OC(C)(C)C)C2CCC2)c1. The van der Waals surface area contributed by atoms with Crippen molar-refractivity contribution in [3.8, 4) is 0 Å². The molecule has 0 radical (unpaired) electrons. The molecule has 0 bridgehead atoms. The zero-order valence-corrected chi connectivity index (χ0v) is 21.5. The van der Waals surface area contributed by atoms with E-state index in [4.69, 9.17) is 4.74 Å². The van der Waals surface area contributed by atoms with Crippen LogP contribution in [-0.2, 0) is 14.3 Å². The highest BCUT2D eigenvalue weighted by molar-refractivity contribution is 5.92. The van der Waals surface area contributed by atoms with Crippen molar-refractivity contribution < 1.29 is 19.1 Å². The fourth-order valence-electron chi connectivity index (χ4n) is 4.07. The van der Waals surface area contributed by atoms with Crippen LogP contribution in [0.25, 0.3) is 6.08 Å². The number of ether oxygens (including phenoxy) is 1. The number of nitrogens with zero attached hydrogens (tertiary/aromatic N) is 1. The van der Waals surface area contributed by atoms with E-state index in [0.717, 1.165) is 43.2 Å². The number of amides is 3. The van der Waals surface area contributed by atoms with E-state index in [9.17, 15) is 14.4 Å². The summed E-state index contributed by atoms with van der Waals surface area (Å²) < 4.78 is 5.33. The van der Waals surface area contributed by atoms with Gasteiger partial charge in [-0.2, -0.15) is 0 Å². The van der Waals surface area contributed by atoms with Crippen molar-refractivity contribution in [3.05, 3.63) is 42.0 Å². The molecule has 3 amide bonds. The lowest BCUT2D eigenvalue weighted by Crippen LogP contribution is -2.57. The largest absolute Gasteiger partial charge is 0.444 e. The number of hydrogen-bond acceptors (Lipinski definition) is 4. The van der Waals surface area contributed by atoms with Crippen LogP contribution >= 0.6 is 0 Å². The van der Waals surface area contributed by atoms with Gasteiger partial charge in [0.05, 0.1) is 0 Å². The molecule has 7 nitrogen and oxygen atoms in total. The van der Waals surface area contributed by atoms with E-state index in [2.05, 4.69) is 24.1 Å². The average molecular weight is 472 g/mol. The highest BCUT2D eigenvalue weighted by Crippen LogP contribution is 2.34. The third-order valence-corrected chi connectivity index (χ3v) is 5.93.